The van der Waals surface area contributed by atoms with E-state index in [0.29, 0.717) is 11.3 Å². The van der Waals surface area contributed by atoms with Crippen molar-refractivity contribution in [1.29, 1.82) is 0 Å². The standard InChI is InChI=1S/C20H18BrN3O4S/c1-4-26-19(25)17-15(14-9-12(21)5-6-16(14)28-17)10-29-20-23-22-18(24(20)3)13-7-8-27-11(13)2/h5-9H,4,10H2,1-3H3. The summed E-state index contributed by atoms with van der Waals surface area (Å²) >= 11 is 4.96. The third-order valence-corrected chi connectivity index (χ3v) is 6.03. The van der Waals surface area contributed by atoms with Crippen molar-refractivity contribution in [3.05, 3.63) is 52.1 Å². The molecule has 0 aliphatic carbocycles. The Bertz CT molecular complexity index is 1190. The third kappa shape index (κ3) is 3.72. The van der Waals surface area contributed by atoms with Crippen molar-refractivity contribution in [3.8, 4) is 11.4 Å². The SMILES string of the molecule is CCOC(=O)c1oc2ccc(Br)cc2c1CSc1nnc(-c2ccoc2C)n1C. The van der Waals surface area contributed by atoms with E-state index in [4.69, 9.17) is 13.6 Å². The van der Waals surface area contributed by atoms with Crippen LogP contribution >= 0.6 is 27.7 Å². The van der Waals surface area contributed by atoms with Crippen LogP contribution in [0.15, 0.2) is 49.0 Å². The van der Waals surface area contributed by atoms with Gasteiger partial charge in [0.2, 0.25) is 5.76 Å². The molecule has 7 nitrogen and oxygen atoms in total. The highest BCUT2D eigenvalue weighted by molar-refractivity contribution is 9.10. The van der Waals surface area contributed by atoms with Gasteiger partial charge in [-0.1, -0.05) is 27.7 Å². The van der Waals surface area contributed by atoms with Gasteiger partial charge in [-0.2, -0.15) is 0 Å². The molecule has 1 aromatic carbocycles. The fourth-order valence-corrected chi connectivity index (χ4v) is 4.35. The number of carbonyl (C=O) groups is 1. The molecule has 0 aliphatic rings. The number of thioether (sulfide) groups is 1. The molecule has 3 aromatic heterocycles. The van der Waals surface area contributed by atoms with Crippen LogP contribution in [-0.2, 0) is 17.5 Å². The third-order valence-electron chi connectivity index (χ3n) is 4.49. The van der Waals surface area contributed by atoms with Crippen molar-refractivity contribution in [2.75, 3.05) is 6.61 Å². The zero-order chi connectivity index (χ0) is 20.5. The van der Waals surface area contributed by atoms with E-state index < -0.39 is 5.97 Å². The lowest BCUT2D eigenvalue weighted by molar-refractivity contribution is 0.0491. The smallest absolute Gasteiger partial charge is 0.374 e. The van der Waals surface area contributed by atoms with Crippen LogP contribution in [0.4, 0.5) is 0 Å². The average molecular weight is 476 g/mol. The second kappa shape index (κ2) is 8.08. The number of ether oxygens (including phenoxy) is 1. The highest BCUT2D eigenvalue weighted by Crippen LogP contribution is 2.34. The summed E-state index contributed by atoms with van der Waals surface area (Å²) in [4.78, 5) is 12.4. The molecular weight excluding hydrogens is 458 g/mol. The summed E-state index contributed by atoms with van der Waals surface area (Å²) < 4.78 is 19.2. The number of esters is 1. The molecule has 3 heterocycles. The minimum atomic E-state index is -0.469. The minimum Gasteiger partial charge on any atom is -0.469 e. The van der Waals surface area contributed by atoms with Gasteiger partial charge in [0.15, 0.2) is 11.0 Å². The number of benzene rings is 1. The zero-order valence-electron chi connectivity index (χ0n) is 16.1. The van der Waals surface area contributed by atoms with Crippen LogP contribution in [0.25, 0.3) is 22.4 Å². The van der Waals surface area contributed by atoms with Crippen molar-refractivity contribution in [1.82, 2.24) is 14.8 Å². The number of aromatic nitrogens is 3. The van der Waals surface area contributed by atoms with Crippen LogP contribution < -0.4 is 0 Å². The molecule has 0 saturated heterocycles. The Labute approximate surface area is 179 Å². The molecule has 29 heavy (non-hydrogen) atoms. The van der Waals surface area contributed by atoms with E-state index in [1.807, 2.05) is 42.8 Å². The normalized spacial score (nSPS) is 11.3. The molecule has 0 atom stereocenters. The van der Waals surface area contributed by atoms with Crippen molar-refractivity contribution >= 4 is 44.6 Å². The molecule has 0 spiro atoms. The molecule has 0 bridgehead atoms. The van der Waals surface area contributed by atoms with Crippen LogP contribution in [0.3, 0.4) is 0 Å². The summed E-state index contributed by atoms with van der Waals surface area (Å²) in [5.74, 6) is 1.74. The first-order valence-corrected chi connectivity index (χ1v) is 10.7. The molecule has 0 aliphatic heterocycles. The van der Waals surface area contributed by atoms with Gasteiger partial charge in [0.25, 0.3) is 0 Å². The first-order valence-electron chi connectivity index (χ1n) is 8.94. The van der Waals surface area contributed by atoms with Gasteiger partial charge in [-0.05, 0) is 38.1 Å². The van der Waals surface area contributed by atoms with Crippen LogP contribution in [0.5, 0.6) is 0 Å². The number of carbonyl (C=O) groups excluding carboxylic acids is 1. The fourth-order valence-electron chi connectivity index (χ4n) is 3.05. The Hall–Kier alpha value is -2.52. The van der Waals surface area contributed by atoms with E-state index in [0.717, 1.165) is 37.7 Å². The van der Waals surface area contributed by atoms with Gasteiger partial charge >= 0.3 is 5.97 Å². The molecule has 4 aromatic rings. The van der Waals surface area contributed by atoms with E-state index >= 15 is 0 Å². The molecule has 0 unspecified atom stereocenters. The lowest BCUT2D eigenvalue weighted by Gasteiger charge is -2.05. The Balaban J connectivity index is 1.67. The van der Waals surface area contributed by atoms with Crippen LogP contribution in [0.2, 0.25) is 0 Å². The van der Waals surface area contributed by atoms with E-state index in [1.165, 1.54) is 11.8 Å². The van der Waals surface area contributed by atoms with E-state index in [-0.39, 0.29) is 12.4 Å². The van der Waals surface area contributed by atoms with Gasteiger partial charge < -0.3 is 18.1 Å². The highest BCUT2D eigenvalue weighted by atomic mass is 79.9. The predicted octanol–water partition coefficient (Wildman–Crippen LogP) is 5.36. The Morgan fingerprint density at radius 2 is 2.14 bits per heavy atom. The molecule has 150 valence electrons. The number of halogens is 1. The predicted molar refractivity (Wildman–Crippen MR) is 113 cm³/mol. The van der Waals surface area contributed by atoms with Crippen molar-refractivity contribution in [2.24, 2.45) is 7.05 Å². The Kier molecular flexibility index (Phi) is 5.51. The lowest BCUT2D eigenvalue weighted by atomic mass is 10.1. The summed E-state index contributed by atoms with van der Waals surface area (Å²) in [6.07, 6.45) is 1.63. The fraction of sp³-hybridized carbons (Fsp3) is 0.250. The van der Waals surface area contributed by atoms with Crippen molar-refractivity contribution in [3.63, 3.8) is 0 Å². The van der Waals surface area contributed by atoms with Crippen LogP contribution in [-0.4, -0.2) is 27.3 Å². The van der Waals surface area contributed by atoms with E-state index in [9.17, 15) is 4.79 Å². The van der Waals surface area contributed by atoms with Gasteiger partial charge in [0.1, 0.15) is 11.3 Å². The van der Waals surface area contributed by atoms with Crippen molar-refractivity contribution < 1.29 is 18.4 Å². The number of nitrogens with zero attached hydrogens (tertiary/aromatic N) is 3. The Morgan fingerprint density at radius 1 is 1.31 bits per heavy atom. The minimum absolute atomic E-state index is 0.223. The quantitative estimate of drug-likeness (QED) is 0.274. The summed E-state index contributed by atoms with van der Waals surface area (Å²) in [6.45, 7) is 3.94. The lowest BCUT2D eigenvalue weighted by Crippen LogP contribution is -2.06. The maximum atomic E-state index is 12.4. The summed E-state index contributed by atoms with van der Waals surface area (Å²) in [6, 6.07) is 7.51. The van der Waals surface area contributed by atoms with E-state index in [1.54, 1.807) is 13.2 Å². The topological polar surface area (TPSA) is 83.3 Å². The van der Waals surface area contributed by atoms with Gasteiger partial charge in [-0.3, -0.25) is 0 Å². The second-order valence-corrected chi connectivity index (χ2v) is 8.17. The molecule has 0 N–H and O–H groups in total. The number of fused-ring (bicyclic) bond motifs is 1. The second-order valence-electron chi connectivity index (χ2n) is 6.32. The largest absolute Gasteiger partial charge is 0.469 e. The summed E-state index contributed by atoms with van der Waals surface area (Å²) in [7, 11) is 1.90. The number of aryl methyl sites for hydroxylation is 1. The van der Waals surface area contributed by atoms with E-state index in [2.05, 4.69) is 26.1 Å². The van der Waals surface area contributed by atoms with Gasteiger partial charge in [0, 0.05) is 28.2 Å². The maximum Gasteiger partial charge on any atom is 0.374 e. The number of hydrogen-bond acceptors (Lipinski definition) is 7. The summed E-state index contributed by atoms with van der Waals surface area (Å²) in [5, 5.41) is 10.2. The number of furan rings is 2. The average Bonchev–Trinajstić information content (AvgIpc) is 3.37. The molecule has 0 saturated carbocycles. The Morgan fingerprint density at radius 3 is 2.86 bits per heavy atom. The van der Waals surface area contributed by atoms with Crippen LogP contribution in [0.1, 0.15) is 28.8 Å². The molecule has 4 rings (SSSR count). The zero-order valence-corrected chi connectivity index (χ0v) is 18.5. The van der Waals surface area contributed by atoms with Gasteiger partial charge in [-0.15, -0.1) is 10.2 Å². The molecule has 0 fully saturated rings. The first-order chi connectivity index (χ1) is 14.0. The van der Waals surface area contributed by atoms with Gasteiger partial charge in [-0.25, -0.2) is 4.79 Å². The van der Waals surface area contributed by atoms with Crippen molar-refractivity contribution in [2.45, 2.75) is 24.8 Å². The molecule has 0 amide bonds. The molecular formula is C20H18BrN3O4S. The number of rotatable bonds is 6. The number of hydrogen-bond donors (Lipinski definition) is 0. The van der Waals surface area contributed by atoms with Crippen LogP contribution in [0, 0.1) is 6.92 Å². The molecule has 9 heteroatoms. The maximum absolute atomic E-state index is 12.4. The monoisotopic (exact) mass is 475 g/mol. The molecule has 0 radical (unpaired) electrons. The first kappa shape index (κ1) is 19.8. The van der Waals surface area contributed by atoms with Gasteiger partial charge in [0.05, 0.1) is 18.4 Å². The summed E-state index contributed by atoms with van der Waals surface area (Å²) in [5.41, 5.74) is 2.31. The highest BCUT2D eigenvalue weighted by Gasteiger charge is 2.23.